The van der Waals surface area contributed by atoms with Crippen molar-refractivity contribution in [2.24, 2.45) is 5.92 Å². The molecule has 1 amide bonds. The second kappa shape index (κ2) is 7.79. The number of hydrogen-bond acceptors (Lipinski definition) is 5. The van der Waals surface area contributed by atoms with Crippen LogP contribution in [0, 0.1) is 5.92 Å². The van der Waals surface area contributed by atoms with Gasteiger partial charge in [0.1, 0.15) is 0 Å². The second-order valence-corrected chi connectivity index (χ2v) is 5.47. The van der Waals surface area contributed by atoms with E-state index in [1.807, 2.05) is 0 Å². The summed E-state index contributed by atoms with van der Waals surface area (Å²) in [6.45, 7) is 6.75. The van der Waals surface area contributed by atoms with Gasteiger partial charge in [-0.25, -0.2) is 0 Å². The molecule has 2 fully saturated rings. The van der Waals surface area contributed by atoms with Gasteiger partial charge < -0.3 is 21.1 Å². The average Bonchev–Trinajstić information content (AvgIpc) is 2.47. The van der Waals surface area contributed by atoms with E-state index in [-0.39, 0.29) is 11.8 Å². The Balaban J connectivity index is 1.61. The molecule has 0 aromatic carbocycles. The first-order chi connectivity index (χ1) is 9.25. The van der Waals surface area contributed by atoms with Gasteiger partial charge in [0.15, 0.2) is 0 Å². The lowest BCUT2D eigenvalue weighted by Gasteiger charge is -2.29. The Morgan fingerprint density at radius 2 is 1.84 bits per heavy atom. The summed E-state index contributed by atoms with van der Waals surface area (Å²) in [5.41, 5.74) is 0. The van der Waals surface area contributed by atoms with Crippen LogP contribution in [0.1, 0.15) is 12.8 Å². The lowest BCUT2D eigenvalue weighted by atomic mass is 9.97. The maximum Gasteiger partial charge on any atom is 0.223 e. The van der Waals surface area contributed by atoms with Crippen molar-refractivity contribution in [1.29, 1.82) is 0 Å². The molecule has 2 aliphatic rings. The monoisotopic (exact) mass is 270 g/mol. The zero-order chi connectivity index (χ0) is 13.5. The van der Waals surface area contributed by atoms with Gasteiger partial charge in [0, 0.05) is 45.2 Å². The first-order valence-corrected chi connectivity index (χ1v) is 7.35. The molecule has 110 valence electrons. The first kappa shape index (κ1) is 14.7. The minimum Gasteiger partial charge on any atom is -0.390 e. The number of nitrogens with one attached hydrogen (secondary N) is 3. The van der Waals surface area contributed by atoms with Crippen molar-refractivity contribution in [3.8, 4) is 0 Å². The molecule has 0 bridgehead atoms. The van der Waals surface area contributed by atoms with Gasteiger partial charge in [-0.15, -0.1) is 0 Å². The van der Waals surface area contributed by atoms with Crippen LogP contribution >= 0.6 is 0 Å². The van der Waals surface area contributed by atoms with Gasteiger partial charge in [-0.2, -0.15) is 0 Å². The fourth-order valence-corrected chi connectivity index (χ4v) is 2.70. The van der Waals surface area contributed by atoms with E-state index in [2.05, 4.69) is 20.9 Å². The summed E-state index contributed by atoms with van der Waals surface area (Å²) in [5.74, 6) is 0.216. The maximum atomic E-state index is 11.9. The highest BCUT2D eigenvalue weighted by molar-refractivity contribution is 5.78. The van der Waals surface area contributed by atoms with E-state index < -0.39 is 6.10 Å². The largest absolute Gasteiger partial charge is 0.390 e. The molecule has 1 atom stereocenters. The molecule has 2 heterocycles. The van der Waals surface area contributed by atoms with E-state index in [0.29, 0.717) is 13.1 Å². The molecule has 19 heavy (non-hydrogen) atoms. The van der Waals surface area contributed by atoms with Crippen LogP contribution in [0.2, 0.25) is 0 Å². The molecule has 4 N–H and O–H groups in total. The summed E-state index contributed by atoms with van der Waals surface area (Å²) in [6.07, 6.45) is 1.34. The van der Waals surface area contributed by atoms with Crippen LogP contribution in [0.15, 0.2) is 0 Å². The number of rotatable bonds is 5. The normalized spacial score (nSPS) is 24.1. The van der Waals surface area contributed by atoms with Crippen LogP contribution in [0.5, 0.6) is 0 Å². The average molecular weight is 270 g/mol. The zero-order valence-corrected chi connectivity index (χ0v) is 11.5. The van der Waals surface area contributed by atoms with Gasteiger partial charge in [0.05, 0.1) is 6.10 Å². The van der Waals surface area contributed by atoms with Crippen molar-refractivity contribution in [3.05, 3.63) is 0 Å². The minimum atomic E-state index is -0.469. The lowest BCUT2D eigenvalue weighted by Crippen LogP contribution is -2.49. The number of aliphatic hydroxyl groups excluding tert-OH is 1. The SMILES string of the molecule is O=C(NCC(O)CN1CCNCC1)C1CCNCC1. The molecule has 0 spiro atoms. The molecule has 6 heteroatoms. The third-order valence-corrected chi connectivity index (χ3v) is 3.90. The molecular formula is C13H26N4O2. The molecule has 0 saturated carbocycles. The van der Waals surface area contributed by atoms with Gasteiger partial charge in [-0.1, -0.05) is 0 Å². The zero-order valence-electron chi connectivity index (χ0n) is 11.5. The summed E-state index contributed by atoms with van der Waals surface area (Å²) >= 11 is 0. The van der Waals surface area contributed by atoms with Crippen LogP contribution in [-0.4, -0.2) is 74.4 Å². The Morgan fingerprint density at radius 1 is 1.21 bits per heavy atom. The highest BCUT2D eigenvalue weighted by atomic mass is 16.3. The molecule has 1 unspecified atom stereocenters. The van der Waals surface area contributed by atoms with Gasteiger partial charge in [-0.05, 0) is 25.9 Å². The van der Waals surface area contributed by atoms with Crippen molar-refractivity contribution in [1.82, 2.24) is 20.9 Å². The Labute approximate surface area is 114 Å². The third-order valence-electron chi connectivity index (χ3n) is 3.90. The Kier molecular flexibility index (Phi) is 6.03. The standard InChI is InChI=1S/C13H26N4O2/c18-12(10-17-7-5-15-6-8-17)9-16-13(19)11-1-3-14-4-2-11/h11-12,14-15,18H,1-10H2,(H,16,19). The molecule has 2 rings (SSSR count). The molecule has 0 aromatic heterocycles. The summed E-state index contributed by atoms with van der Waals surface area (Å²) in [7, 11) is 0. The van der Waals surface area contributed by atoms with E-state index in [4.69, 9.17) is 0 Å². The molecule has 0 radical (unpaired) electrons. The number of carbonyl (C=O) groups excluding carboxylic acids is 1. The fraction of sp³-hybridized carbons (Fsp3) is 0.923. The van der Waals surface area contributed by atoms with Crippen molar-refractivity contribution >= 4 is 5.91 Å². The van der Waals surface area contributed by atoms with Crippen LogP contribution in [0.4, 0.5) is 0 Å². The molecular weight excluding hydrogens is 244 g/mol. The number of amides is 1. The van der Waals surface area contributed by atoms with E-state index in [0.717, 1.165) is 52.1 Å². The van der Waals surface area contributed by atoms with E-state index in [9.17, 15) is 9.90 Å². The van der Waals surface area contributed by atoms with Crippen LogP contribution in [-0.2, 0) is 4.79 Å². The highest BCUT2D eigenvalue weighted by Crippen LogP contribution is 2.11. The number of carbonyl (C=O) groups is 1. The van der Waals surface area contributed by atoms with Gasteiger partial charge in [0.25, 0.3) is 0 Å². The minimum absolute atomic E-state index is 0.0980. The van der Waals surface area contributed by atoms with E-state index in [1.54, 1.807) is 0 Å². The van der Waals surface area contributed by atoms with E-state index in [1.165, 1.54) is 0 Å². The predicted molar refractivity (Wildman–Crippen MR) is 73.9 cm³/mol. The quantitative estimate of drug-likeness (QED) is 0.482. The summed E-state index contributed by atoms with van der Waals surface area (Å²) in [5, 5.41) is 19.4. The molecule has 2 aliphatic heterocycles. The Bertz CT molecular complexity index is 276. The highest BCUT2D eigenvalue weighted by Gasteiger charge is 2.21. The van der Waals surface area contributed by atoms with Crippen LogP contribution in [0.3, 0.4) is 0 Å². The van der Waals surface area contributed by atoms with Crippen molar-refractivity contribution < 1.29 is 9.90 Å². The predicted octanol–water partition coefficient (Wildman–Crippen LogP) is -1.63. The number of piperidine rings is 1. The summed E-state index contributed by atoms with van der Waals surface area (Å²) < 4.78 is 0. The van der Waals surface area contributed by atoms with Gasteiger partial charge in [0.2, 0.25) is 5.91 Å². The molecule has 0 aliphatic carbocycles. The van der Waals surface area contributed by atoms with Crippen molar-refractivity contribution in [2.45, 2.75) is 18.9 Å². The van der Waals surface area contributed by atoms with Crippen LogP contribution < -0.4 is 16.0 Å². The number of hydrogen-bond donors (Lipinski definition) is 4. The molecule has 0 aromatic rings. The summed E-state index contributed by atoms with van der Waals surface area (Å²) in [6, 6.07) is 0. The number of piperazine rings is 1. The smallest absolute Gasteiger partial charge is 0.223 e. The fourth-order valence-electron chi connectivity index (χ4n) is 2.70. The van der Waals surface area contributed by atoms with Gasteiger partial charge >= 0.3 is 0 Å². The Morgan fingerprint density at radius 3 is 2.53 bits per heavy atom. The lowest BCUT2D eigenvalue weighted by molar-refractivity contribution is -0.126. The molecule has 2 saturated heterocycles. The maximum absolute atomic E-state index is 11.9. The third kappa shape index (κ3) is 5.06. The Hall–Kier alpha value is -0.690. The van der Waals surface area contributed by atoms with Crippen LogP contribution in [0.25, 0.3) is 0 Å². The second-order valence-electron chi connectivity index (χ2n) is 5.47. The van der Waals surface area contributed by atoms with Crippen molar-refractivity contribution in [3.63, 3.8) is 0 Å². The van der Waals surface area contributed by atoms with Crippen molar-refractivity contribution in [2.75, 3.05) is 52.4 Å². The molecule has 6 nitrogen and oxygen atoms in total. The number of nitrogens with zero attached hydrogens (tertiary/aromatic N) is 1. The topological polar surface area (TPSA) is 76.6 Å². The first-order valence-electron chi connectivity index (χ1n) is 7.35. The van der Waals surface area contributed by atoms with E-state index >= 15 is 0 Å². The number of aliphatic hydroxyl groups is 1. The number of β-amino-alcohol motifs (C(OH)–C–C–N with tert-alkyl or cyclic N) is 1. The van der Waals surface area contributed by atoms with Gasteiger partial charge in [-0.3, -0.25) is 9.69 Å². The summed E-state index contributed by atoms with van der Waals surface area (Å²) in [4.78, 5) is 14.2.